The van der Waals surface area contributed by atoms with Crippen molar-refractivity contribution in [2.24, 2.45) is 0 Å². The fourth-order valence-corrected chi connectivity index (χ4v) is 2.36. The number of hydrogen-bond acceptors (Lipinski definition) is 3. The molecule has 7 heteroatoms. The summed E-state index contributed by atoms with van der Waals surface area (Å²) in [5, 5.41) is 15.8. The molecule has 0 aliphatic carbocycles. The third-order valence-corrected chi connectivity index (χ3v) is 4.19. The van der Waals surface area contributed by atoms with E-state index in [1.807, 2.05) is 13.0 Å². The SMILES string of the molecule is Cc1ccc(Cl)cc1NC(=O)/C(C#N)=C\Nc1cccc(Cl)c1Cl. The van der Waals surface area contributed by atoms with Gasteiger partial charge in [0.2, 0.25) is 0 Å². The van der Waals surface area contributed by atoms with E-state index in [1.54, 1.807) is 36.4 Å². The molecule has 122 valence electrons. The Morgan fingerprint density at radius 2 is 1.92 bits per heavy atom. The molecule has 0 bridgehead atoms. The maximum absolute atomic E-state index is 12.2. The van der Waals surface area contributed by atoms with Crippen molar-refractivity contribution in [1.82, 2.24) is 0 Å². The molecule has 0 aliphatic rings. The summed E-state index contributed by atoms with van der Waals surface area (Å²) in [6.07, 6.45) is 1.27. The minimum atomic E-state index is -0.562. The first-order valence-corrected chi connectivity index (χ1v) is 7.94. The van der Waals surface area contributed by atoms with Gasteiger partial charge in [0.1, 0.15) is 11.6 Å². The first-order chi connectivity index (χ1) is 11.4. The molecule has 0 aromatic heterocycles. The Bertz CT molecular complexity index is 857. The molecule has 0 radical (unpaired) electrons. The third kappa shape index (κ3) is 4.42. The van der Waals surface area contributed by atoms with Crippen LogP contribution < -0.4 is 10.6 Å². The number of rotatable bonds is 4. The fourth-order valence-electron chi connectivity index (χ4n) is 1.83. The zero-order valence-electron chi connectivity index (χ0n) is 12.5. The lowest BCUT2D eigenvalue weighted by Crippen LogP contribution is -2.15. The van der Waals surface area contributed by atoms with Crippen LogP contribution in [0.5, 0.6) is 0 Å². The smallest absolute Gasteiger partial charge is 0.267 e. The van der Waals surface area contributed by atoms with Crippen LogP contribution in [0.25, 0.3) is 0 Å². The highest BCUT2D eigenvalue weighted by Gasteiger charge is 2.11. The molecular formula is C17H12Cl3N3O. The molecule has 0 aliphatic heterocycles. The average Bonchev–Trinajstić information content (AvgIpc) is 2.55. The monoisotopic (exact) mass is 379 g/mol. The van der Waals surface area contributed by atoms with Gasteiger partial charge >= 0.3 is 0 Å². The second-order valence-electron chi connectivity index (χ2n) is 4.83. The van der Waals surface area contributed by atoms with Crippen molar-refractivity contribution in [3.63, 3.8) is 0 Å². The van der Waals surface area contributed by atoms with Gasteiger partial charge in [-0.3, -0.25) is 4.79 Å². The summed E-state index contributed by atoms with van der Waals surface area (Å²) >= 11 is 17.9. The van der Waals surface area contributed by atoms with Gasteiger partial charge in [-0.25, -0.2) is 0 Å². The number of aryl methyl sites for hydroxylation is 1. The van der Waals surface area contributed by atoms with Gasteiger partial charge in [-0.15, -0.1) is 0 Å². The normalized spacial score (nSPS) is 10.9. The molecule has 0 spiro atoms. The van der Waals surface area contributed by atoms with Crippen molar-refractivity contribution in [3.8, 4) is 6.07 Å². The van der Waals surface area contributed by atoms with Gasteiger partial charge in [0.25, 0.3) is 5.91 Å². The lowest BCUT2D eigenvalue weighted by atomic mass is 10.2. The maximum atomic E-state index is 12.2. The second kappa shape index (κ2) is 8.07. The lowest BCUT2D eigenvalue weighted by Gasteiger charge is -2.09. The number of nitriles is 1. The quantitative estimate of drug-likeness (QED) is 0.550. The van der Waals surface area contributed by atoms with Crippen LogP contribution in [0.4, 0.5) is 11.4 Å². The number of nitrogens with zero attached hydrogens (tertiary/aromatic N) is 1. The molecule has 0 saturated heterocycles. The predicted molar refractivity (Wildman–Crippen MR) is 98.6 cm³/mol. The number of anilines is 2. The summed E-state index contributed by atoms with van der Waals surface area (Å²) < 4.78 is 0. The molecule has 0 atom stereocenters. The van der Waals surface area contributed by atoms with Gasteiger partial charge < -0.3 is 10.6 Å². The van der Waals surface area contributed by atoms with Crippen LogP contribution in [0.15, 0.2) is 48.2 Å². The minimum absolute atomic E-state index is 0.120. The topological polar surface area (TPSA) is 64.9 Å². The van der Waals surface area contributed by atoms with Crippen molar-refractivity contribution < 1.29 is 4.79 Å². The minimum Gasteiger partial charge on any atom is -0.359 e. The van der Waals surface area contributed by atoms with E-state index in [0.29, 0.717) is 26.4 Å². The molecule has 0 unspecified atom stereocenters. The summed E-state index contributed by atoms with van der Waals surface area (Å²) in [7, 11) is 0. The number of amides is 1. The van der Waals surface area contributed by atoms with Gasteiger partial charge in [0, 0.05) is 16.9 Å². The summed E-state index contributed by atoms with van der Waals surface area (Å²) in [5.74, 6) is -0.562. The summed E-state index contributed by atoms with van der Waals surface area (Å²) in [4.78, 5) is 12.2. The van der Waals surface area contributed by atoms with Gasteiger partial charge in [-0.05, 0) is 36.8 Å². The molecule has 1 amide bonds. The van der Waals surface area contributed by atoms with Crippen molar-refractivity contribution in [2.45, 2.75) is 6.92 Å². The Morgan fingerprint density at radius 1 is 1.17 bits per heavy atom. The van der Waals surface area contributed by atoms with Crippen LogP contribution in [0.1, 0.15) is 5.56 Å². The Kier molecular flexibility index (Phi) is 6.10. The molecule has 2 rings (SSSR count). The third-order valence-electron chi connectivity index (χ3n) is 3.14. The zero-order valence-corrected chi connectivity index (χ0v) is 14.8. The van der Waals surface area contributed by atoms with E-state index in [-0.39, 0.29) is 5.57 Å². The Labute approximate surface area is 154 Å². The van der Waals surface area contributed by atoms with Crippen molar-refractivity contribution in [2.75, 3.05) is 10.6 Å². The summed E-state index contributed by atoms with van der Waals surface area (Å²) in [6, 6.07) is 12.0. The highest BCUT2D eigenvalue weighted by atomic mass is 35.5. The lowest BCUT2D eigenvalue weighted by molar-refractivity contribution is -0.112. The molecule has 0 heterocycles. The van der Waals surface area contributed by atoms with Crippen molar-refractivity contribution in [3.05, 3.63) is 68.8 Å². The van der Waals surface area contributed by atoms with Gasteiger partial charge in [-0.2, -0.15) is 5.26 Å². The van der Waals surface area contributed by atoms with E-state index in [0.717, 1.165) is 5.56 Å². The highest BCUT2D eigenvalue weighted by molar-refractivity contribution is 6.43. The number of benzene rings is 2. The molecule has 0 saturated carbocycles. The van der Waals surface area contributed by atoms with Gasteiger partial charge in [0.15, 0.2) is 0 Å². The van der Waals surface area contributed by atoms with Crippen LogP contribution in [0.2, 0.25) is 15.1 Å². The molecule has 0 fully saturated rings. The molecule has 2 N–H and O–H groups in total. The Morgan fingerprint density at radius 3 is 2.62 bits per heavy atom. The molecule has 4 nitrogen and oxygen atoms in total. The number of halogens is 3. The number of carbonyl (C=O) groups is 1. The molecular weight excluding hydrogens is 369 g/mol. The van der Waals surface area contributed by atoms with Crippen LogP contribution in [-0.2, 0) is 4.79 Å². The first-order valence-electron chi connectivity index (χ1n) is 6.80. The highest BCUT2D eigenvalue weighted by Crippen LogP contribution is 2.29. The second-order valence-corrected chi connectivity index (χ2v) is 6.05. The molecule has 2 aromatic carbocycles. The van der Waals surface area contributed by atoms with E-state index in [2.05, 4.69) is 10.6 Å². The van der Waals surface area contributed by atoms with Gasteiger partial charge in [-0.1, -0.05) is 46.9 Å². The zero-order chi connectivity index (χ0) is 17.7. The van der Waals surface area contributed by atoms with E-state index < -0.39 is 5.91 Å². The van der Waals surface area contributed by atoms with Crippen molar-refractivity contribution >= 4 is 52.1 Å². The Balaban J connectivity index is 2.18. The number of nitrogens with one attached hydrogen (secondary N) is 2. The average molecular weight is 381 g/mol. The standard InChI is InChI=1S/C17H12Cl3N3O/c1-10-5-6-12(18)7-15(10)23-17(24)11(8-21)9-22-14-4-2-3-13(19)16(14)20/h2-7,9,22H,1H3,(H,23,24)/b11-9-. The van der Waals surface area contributed by atoms with E-state index >= 15 is 0 Å². The molecule has 24 heavy (non-hydrogen) atoms. The first kappa shape index (κ1) is 18.2. The van der Waals surface area contributed by atoms with E-state index in [1.165, 1.54) is 6.20 Å². The molecule has 2 aromatic rings. The van der Waals surface area contributed by atoms with Crippen LogP contribution in [-0.4, -0.2) is 5.91 Å². The largest absolute Gasteiger partial charge is 0.359 e. The van der Waals surface area contributed by atoms with Crippen LogP contribution >= 0.6 is 34.8 Å². The Hall–Kier alpha value is -2.19. The fraction of sp³-hybridized carbons (Fsp3) is 0.0588. The predicted octanol–water partition coefficient (Wildman–Crippen LogP) is 5.41. The maximum Gasteiger partial charge on any atom is 0.267 e. The van der Waals surface area contributed by atoms with E-state index in [4.69, 9.17) is 34.8 Å². The van der Waals surface area contributed by atoms with E-state index in [9.17, 15) is 10.1 Å². The van der Waals surface area contributed by atoms with Crippen LogP contribution in [0, 0.1) is 18.3 Å². The summed E-state index contributed by atoms with van der Waals surface area (Å²) in [6.45, 7) is 1.83. The van der Waals surface area contributed by atoms with Crippen LogP contribution in [0.3, 0.4) is 0 Å². The number of carbonyl (C=O) groups excluding carboxylic acids is 1. The summed E-state index contributed by atoms with van der Waals surface area (Å²) in [5.41, 5.74) is 1.74. The van der Waals surface area contributed by atoms with Crippen molar-refractivity contribution in [1.29, 1.82) is 5.26 Å². The number of hydrogen-bond donors (Lipinski definition) is 2. The van der Waals surface area contributed by atoms with Gasteiger partial charge in [0.05, 0.1) is 15.7 Å².